The van der Waals surface area contributed by atoms with Crippen LogP contribution in [0.25, 0.3) is 6.08 Å². The van der Waals surface area contributed by atoms with E-state index in [1.807, 2.05) is 12.1 Å². The van der Waals surface area contributed by atoms with Gasteiger partial charge in [-0.2, -0.15) is 0 Å². The number of amides is 1. The predicted octanol–water partition coefficient (Wildman–Crippen LogP) is 5.36. The minimum atomic E-state index is -0.379. The fourth-order valence-corrected chi connectivity index (χ4v) is 6.05. The smallest absolute Gasteiger partial charge is 0.246 e. The van der Waals surface area contributed by atoms with Gasteiger partial charge in [-0.3, -0.25) is 4.79 Å². The van der Waals surface area contributed by atoms with Crippen LogP contribution in [0.1, 0.15) is 18.4 Å². The van der Waals surface area contributed by atoms with Crippen molar-refractivity contribution < 1.29 is 19.0 Å². The molecular formula is C26H28Cl2N2O4S. The van der Waals surface area contributed by atoms with Crippen LogP contribution in [0.3, 0.4) is 0 Å². The molecule has 3 aliphatic rings. The zero-order chi connectivity index (χ0) is 24.3. The number of hydrogen-bond acceptors (Lipinski definition) is 6. The molecule has 3 fully saturated rings. The molecule has 0 N–H and O–H groups in total. The van der Waals surface area contributed by atoms with Crippen molar-refractivity contribution in [1.82, 2.24) is 4.90 Å². The first kappa shape index (κ1) is 24.9. The number of rotatable bonds is 5. The molecule has 2 aromatic carbocycles. The third-order valence-corrected chi connectivity index (χ3v) is 8.61. The second-order valence-electron chi connectivity index (χ2n) is 8.75. The average molecular weight is 535 g/mol. The van der Waals surface area contributed by atoms with Crippen molar-refractivity contribution >= 4 is 52.6 Å². The maximum atomic E-state index is 12.4. The van der Waals surface area contributed by atoms with Crippen LogP contribution in [0.4, 0.5) is 5.69 Å². The van der Waals surface area contributed by atoms with Crippen molar-refractivity contribution in [2.24, 2.45) is 0 Å². The van der Waals surface area contributed by atoms with Crippen LogP contribution in [0.2, 0.25) is 10.0 Å². The van der Waals surface area contributed by atoms with E-state index in [1.165, 1.54) is 5.69 Å². The van der Waals surface area contributed by atoms with E-state index in [4.69, 9.17) is 37.4 Å². The molecule has 3 aliphatic heterocycles. The third-order valence-electron chi connectivity index (χ3n) is 6.55. The van der Waals surface area contributed by atoms with Gasteiger partial charge in [-0.25, -0.2) is 0 Å². The number of halogens is 2. The lowest BCUT2D eigenvalue weighted by molar-refractivity contribution is -0.169. The zero-order valence-electron chi connectivity index (χ0n) is 19.4. The second kappa shape index (κ2) is 11.1. The van der Waals surface area contributed by atoms with Gasteiger partial charge >= 0.3 is 0 Å². The molecule has 3 saturated heterocycles. The van der Waals surface area contributed by atoms with E-state index in [1.54, 1.807) is 28.8 Å². The summed E-state index contributed by atoms with van der Waals surface area (Å²) in [4.78, 5) is 18.5. The highest BCUT2D eigenvalue weighted by Crippen LogP contribution is 2.40. The molecule has 1 spiro atoms. The number of anilines is 1. The monoisotopic (exact) mass is 534 g/mol. The lowest BCUT2D eigenvalue weighted by atomic mass is 10.0. The van der Waals surface area contributed by atoms with Crippen molar-refractivity contribution in [3.63, 3.8) is 0 Å². The van der Waals surface area contributed by atoms with E-state index in [0.717, 1.165) is 41.3 Å². The quantitative estimate of drug-likeness (QED) is 0.481. The molecule has 5 rings (SSSR count). The molecule has 0 aliphatic carbocycles. The molecule has 186 valence electrons. The molecule has 0 radical (unpaired) electrons. The fourth-order valence-electron chi connectivity index (χ4n) is 4.57. The highest BCUT2D eigenvalue weighted by molar-refractivity contribution is 7.99. The third kappa shape index (κ3) is 5.82. The molecule has 3 heterocycles. The Kier molecular flexibility index (Phi) is 7.92. The minimum Gasteiger partial charge on any atom is -0.378 e. The standard InChI is InChI=1S/C26H28Cl2N2O4S/c27-24-19(5-7-23(31)30-12-14-32-15-13-30)4-6-22(25(24)28)35-21-3-1-2-20(18-21)29-10-8-26(9-11-29)33-16-17-34-26/h1-7,18H,8-17H2. The molecule has 9 heteroatoms. The largest absolute Gasteiger partial charge is 0.378 e. The van der Waals surface area contributed by atoms with E-state index >= 15 is 0 Å². The summed E-state index contributed by atoms with van der Waals surface area (Å²) in [6.45, 7) is 5.51. The Hall–Kier alpha value is -1.74. The number of piperidine rings is 1. The summed E-state index contributed by atoms with van der Waals surface area (Å²) in [5.41, 5.74) is 1.89. The molecule has 0 unspecified atom stereocenters. The van der Waals surface area contributed by atoms with Gasteiger partial charge in [0.05, 0.1) is 36.5 Å². The van der Waals surface area contributed by atoms with E-state index in [2.05, 4.69) is 29.2 Å². The summed E-state index contributed by atoms with van der Waals surface area (Å²) in [5, 5.41) is 0.926. The maximum absolute atomic E-state index is 12.4. The summed E-state index contributed by atoms with van der Waals surface area (Å²) in [6.07, 6.45) is 5.01. The van der Waals surface area contributed by atoms with Crippen LogP contribution in [-0.2, 0) is 19.0 Å². The van der Waals surface area contributed by atoms with Crippen molar-refractivity contribution in [3.05, 3.63) is 58.1 Å². The lowest BCUT2D eigenvalue weighted by Gasteiger charge is -2.38. The van der Waals surface area contributed by atoms with Gasteiger partial charge in [0.2, 0.25) is 5.91 Å². The minimum absolute atomic E-state index is 0.0505. The molecule has 1 amide bonds. The van der Waals surface area contributed by atoms with Gasteiger partial charge in [-0.15, -0.1) is 0 Å². The fraction of sp³-hybridized carbons (Fsp3) is 0.423. The molecule has 35 heavy (non-hydrogen) atoms. The molecule has 2 aromatic rings. The molecule has 6 nitrogen and oxygen atoms in total. The summed E-state index contributed by atoms with van der Waals surface area (Å²) in [7, 11) is 0. The zero-order valence-corrected chi connectivity index (χ0v) is 21.7. The Bertz CT molecular complexity index is 1090. The molecule has 0 saturated carbocycles. The van der Waals surface area contributed by atoms with Crippen molar-refractivity contribution in [1.29, 1.82) is 0 Å². The van der Waals surface area contributed by atoms with Gasteiger partial charge in [0.1, 0.15) is 0 Å². The van der Waals surface area contributed by atoms with Crippen LogP contribution in [0, 0.1) is 0 Å². The van der Waals surface area contributed by atoms with Gasteiger partial charge in [-0.1, -0.05) is 47.1 Å². The number of carbonyl (C=O) groups excluding carboxylic acids is 1. The molecular weight excluding hydrogens is 507 g/mol. The first-order valence-electron chi connectivity index (χ1n) is 11.9. The highest BCUT2D eigenvalue weighted by atomic mass is 35.5. The maximum Gasteiger partial charge on any atom is 0.246 e. The highest BCUT2D eigenvalue weighted by Gasteiger charge is 2.39. The SMILES string of the molecule is O=C(C=Cc1ccc(Sc2cccc(N3CCC4(CC3)OCCO4)c2)c(Cl)c1Cl)N1CCOCC1. The Balaban J connectivity index is 1.24. The van der Waals surface area contributed by atoms with Crippen molar-refractivity contribution in [2.75, 3.05) is 57.5 Å². The first-order valence-corrected chi connectivity index (χ1v) is 13.4. The predicted molar refractivity (Wildman–Crippen MR) is 140 cm³/mol. The van der Waals surface area contributed by atoms with Crippen molar-refractivity contribution in [3.8, 4) is 0 Å². The van der Waals surface area contributed by atoms with Crippen LogP contribution >= 0.6 is 35.0 Å². The van der Waals surface area contributed by atoms with Gasteiger partial charge in [0, 0.05) is 60.6 Å². The van der Waals surface area contributed by atoms with Gasteiger partial charge < -0.3 is 24.0 Å². The normalized spacial score (nSPS) is 20.2. The number of hydrogen-bond donors (Lipinski definition) is 0. The second-order valence-corrected chi connectivity index (χ2v) is 10.6. The van der Waals surface area contributed by atoms with Crippen molar-refractivity contribution in [2.45, 2.75) is 28.4 Å². The number of carbonyl (C=O) groups is 1. The van der Waals surface area contributed by atoms with E-state index in [0.29, 0.717) is 49.6 Å². The Morgan fingerprint density at radius 1 is 0.943 bits per heavy atom. The molecule has 0 bridgehead atoms. The summed E-state index contributed by atoms with van der Waals surface area (Å²) in [6, 6.07) is 12.3. The van der Waals surface area contributed by atoms with E-state index < -0.39 is 0 Å². The van der Waals surface area contributed by atoms with Crippen LogP contribution in [0.15, 0.2) is 52.3 Å². The Morgan fingerprint density at radius 2 is 1.69 bits per heavy atom. The number of nitrogens with zero attached hydrogens (tertiary/aromatic N) is 2. The summed E-state index contributed by atoms with van der Waals surface area (Å²) >= 11 is 14.8. The van der Waals surface area contributed by atoms with Gasteiger partial charge in [0.15, 0.2) is 5.79 Å². The summed E-state index contributed by atoms with van der Waals surface area (Å²) < 4.78 is 17.0. The number of ether oxygens (including phenoxy) is 3. The number of benzene rings is 2. The topological polar surface area (TPSA) is 51.2 Å². The summed E-state index contributed by atoms with van der Waals surface area (Å²) in [5.74, 6) is -0.429. The lowest BCUT2D eigenvalue weighted by Crippen LogP contribution is -2.45. The molecule has 0 aromatic heterocycles. The average Bonchev–Trinajstić information content (AvgIpc) is 3.35. The van der Waals surface area contributed by atoms with Crippen LogP contribution in [-0.4, -0.2) is 69.2 Å². The number of morpholine rings is 1. The molecule has 0 atom stereocenters. The van der Waals surface area contributed by atoms with Gasteiger partial charge in [-0.05, 0) is 35.9 Å². The van der Waals surface area contributed by atoms with E-state index in [9.17, 15) is 4.79 Å². The first-order chi connectivity index (χ1) is 17.0. The van der Waals surface area contributed by atoms with Crippen LogP contribution in [0.5, 0.6) is 0 Å². The van der Waals surface area contributed by atoms with E-state index in [-0.39, 0.29) is 11.7 Å². The van der Waals surface area contributed by atoms with Crippen LogP contribution < -0.4 is 4.90 Å². The Labute approximate surface area is 220 Å². The Morgan fingerprint density at radius 3 is 2.43 bits per heavy atom. The van der Waals surface area contributed by atoms with Gasteiger partial charge in [0.25, 0.3) is 0 Å².